The van der Waals surface area contributed by atoms with Crippen LogP contribution in [-0.4, -0.2) is 40.0 Å². The number of fused-ring (bicyclic) bond motifs is 2. The number of nitrogens with zero attached hydrogens (tertiary/aromatic N) is 3. The Hall–Kier alpha value is -3.85. The molecule has 3 aliphatic rings. The molecule has 2 N–H and O–H groups in total. The van der Waals surface area contributed by atoms with E-state index in [1.54, 1.807) is 25.2 Å². The van der Waals surface area contributed by atoms with Crippen molar-refractivity contribution >= 4 is 29.3 Å². The molecule has 2 aromatic heterocycles. The average molecular weight is 474 g/mol. The van der Waals surface area contributed by atoms with Gasteiger partial charge in [-0.25, -0.2) is 14.4 Å². The summed E-state index contributed by atoms with van der Waals surface area (Å²) in [5.41, 5.74) is 3.88. The summed E-state index contributed by atoms with van der Waals surface area (Å²) in [4.78, 5) is 33.9. The number of allylic oxidation sites excluding steroid dienone is 1. The van der Waals surface area contributed by atoms with E-state index < -0.39 is 0 Å². The molecule has 2 amide bonds. The highest BCUT2D eigenvalue weighted by molar-refractivity contribution is 6.04. The zero-order valence-electron chi connectivity index (χ0n) is 19.2. The maximum Gasteiger partial charge on any atom is 0.253 e. The smallest absolute Gasteiger partial charge is 0.253 e. The summed E-state index contributed by atoms with van der Waals surface area (Å²) in [7, 11) is 1.55. The summed E-state index contributed by atoms with van der Waals surface area (Å²) in [6, 6.07) is 5.25. The molecule has 0 bridgehead atoms. The standard InChI is InChI=1S/C26H24FN5O3/c1-28-26(34)20-11-29-24(31-25(33)14-5-6-14)19-10-15(9-18(19)20)16-3-2-4-17(23(16)27)21-12-32-7-8-35-13-22(32)30-21/h2-4,9,11-12,14H,5-8,10,13H2,1H3,(H,28,34)(H,29,31,33). The van der Waals surface area contributed by atoms with Gasteiger partial charge in [-0.1, -0.05) is 12.1 Å². The number of carbonyl (C=O) groups is 2. The lowest BCUT2D eigenvalue weighted by molar-refractivity contribution is -0.117. The van der Waals surface area contributed by atoms with Gasteiger partial charge in [-0.05, 0) is 36.1 Å². The van der Waals surface area contributed by atoms with Crippen LogP contribution in [0, 0.1) is 11.7 Å². The van der Waals surface area contributed by atoms with Gasteiger partial charge in [0.15, 0.2) is 0 Å². The minimum absolute atomic E-state index is 0.0140. The summed E-state index contributed by atoms with van der Waals surface area (Å²) in [6.45, 7) is 1.71. The summed E-state index contributed by atoms with van der Waals surface area (Å²) in [5.74, 6) is 0.490. The van der Waals surface area contributed by atoms with Gasteiger partial charge in [-0.3, -0.25) is 9.59 Å². The number of hydrogen-bond acceptors (Lipinski definition) is 5. The zero-order valence-corrected chi connectivity index (χ0v) is 19.2. The first kappa shape index (κ1) is 21.7. The van der Waals surface area contributed by atoms with Gasteiger partial charge in [-0.15, -0.1) is 0 Å². The first-order chi connectivity index (χ1) is 17.0. The molecule has 8 nitrogen and oxygen atoms in total. The molecule has 0 saturated heterocycles. The van der Waals surface area contributed by atoms with Crippen molar-refractivity contribution in [3.8, 4) is 11.3 Å². The molecule has 3 heterocycles. The highest BCUT2D eigenvalue weighted by Gasteiger charge is 2.32. The van der Waals surface area contributed by atoms with Crippen molar-refractivity contribution in [2.24, 2.45) is 5.92 Å². The van der Waals surface area contributed by atoms with Crippen LogP contribution in [0.5, 0.6) is 0 Å². The number of benzene rings is 1. The van der Waals surface area contributed by atoms with E-state index in [4.69, 9.17) is 4.74 Å². The largest absolute Gasteiger partial charge is 0.372 e. The first-order valence-corrected chi connectivity index (χ1v) is 11.7. The molecule has 1 aromatic carbocycles. The van der Waals surface area contributed by atoms with Crippen LogP contribution in [0.3, 0.4) is 0 Å². The molecular formula is C26H24FN5O3. The fourth-order valence-electron chi connectivity index (χ4n) is 4.68. The third-order valence-corrected chi connectivity index (χ3v) is 6.76. The molecular weight excluding hydrogens is 449 g/mol. The highest BCUT2D eigenvalue weighted by Crippen LogP contribution is 2.40. The quantitative estimate of drug-likeness (QED) is 0.592. The van der Waals surface area contributed by atoms with Crippen molar-refractivity contribution in [1.82, 2.24) is 19.9 Å². The molecule has 0 atom stereocenters. The van der Waals surface area contributed by atoms with E-state index >= 15 is 4.39 Å². The van der Waals surface area contributed by atoms with Gasteiger partial charge in [0.1, 0.15) is 24.1 Å². The Bertz CT molecular complexity index is 1380. The predicted octanol–water partition coefficient (Wildman–Crippen LogP) is 3.42. The normalized spacial score (nSPS) is 16.3. The van der Waals surface area contributed by atoms with Crippen LogP contribution < -0.4 is 10.6 Å². The molecule has 9 heteroatoms. The second-order valence-electron chi connectivity index (χ2n) is 9.06. The fourth-order valence-corrected chi connectivity index (χ4v) is 4.68. The Kier molecular flexibility index (Phi) is 5.21. The summed E-state index contributed by atoms with van der Waals surface area (Å²) in [5, 5.41) is 5.54. The van der Waals surface area contributed by atoms with Gasteiger partial charge in [0.25, 0.3) is 5.91 Å². The van der Waals surface area contributed by atoms with Crippen LogP contribution in [-0.2, 0) is 29.1 Å². The maximum absolute atomic E-state index is 15.9. The molecule has 1 fully saturated rings. The minimum Gasteiger partial charge on any atom is -0.372 e. The summed E-state index contributed by atoms with van der Waals surface area (Å²) >= 11 is 0. The van der Waals surface area contributed by atoms with Crippen LogP contribution in [0.4, 0.5) is 10.2 Å². The second kappa shape index (κ2) is 8.42. The van der Waals surface area contributed by atoms with Crippen molar-refractivity contribution in [2.45, 2.75) is 32.4 Å². The number of rotatable bonds is 5. The number of imidazole rings is 1. The Balaban J connectivity index is 1.39. The molecule has 1 saturated carbocycles. The summed E-state index contributed by atoms with van der Waals surface area (Å²) < 4.78 is 23.3. The van der Waals surface area contributed by atoms with Crippen LogP contribution >= 0.6 is 0 Å². The molecule has 2 aliphatic carbocycles. The van der Waals surface area contributed by atoms with Crippen molar-refractivity contribution in [1.29, 1.82) is 0 Å². The van der Waals surface area contributed by atoms with Crippen LogP contribution in [0.15, 0.2) is 30.6 Å². The number of nitrogens with one attached hydrogen (secondary N) is 2. The molecule has 35 heavy (non-hydrogen) atoms. The monoisotopic (exact) mass is 473 g/mol. The molecule has 178 valence electrons. The van der Waals surface area contributed by atoms with Crippen LogP contribution in [0.2, 0.25) is 0 Å². The van der Waals surface area contributed by atoms with E-state index in [2.05, 4.69) is 20.6 Å². The van der Waals surface area contributed by atoms with Crippen molar-refractivity contribution in [3.05, 3.63) is 64.5 Å². The topological polar surface area (TPSA) is 98.1 Å². The zero-order chi connectivity index (χ0) is 24.1. The van der Waals surface area contributed by atoms with E-state index in [0.29, 0.717) is 65.5 Å². The van der Waals surface area contributed by atoms with Gasteiger partial charge in [0.2, 0.25) is 5.91 Å². The number of hydrogen-bond donors (Lipinski definition) is 2. The Morgan fingerprint density at radius 2 is 2.06 bits per heavy atom. The Labute approximate surface area is 201 Å². The van der Waals surface area contributed by atoms with Gasteiger partial charge in [0.05, 0.1) is 17.9 Å². The first-order valence-electron chi connectivity index (χ1n) is 11.7. The number of halogens is 1. The fraction of sp³-hybridized carbons (Fsp3) is 0.308. The van der Waals surface area contributed by atoms with Crippen LogP contribution in [0.25, 0.3) is 22.9 Å². The average Bonchev–Trinajstić information content (AvgIpc) is 3.48. The number of aromatic nitrogens is 3. The Morgan fingerprint density at radius 3 is 2.83 bits per heavy atom. The third kappa shape index (κ3) is 3.81. The number of anilines is 1. The highest BCUT2D eigenvalue weighted by atomic mass is 19.1. The number of carbonyl (C=O) groups excluding carboxylic acids is 2. The molecule has 0 radical (unpaired) electrons. The van der Waals surface area contributed by atoms with E-state index in [0.717, 1.165) is 24.2 Å². The predicted molar refractivity (Wildman–Crippen MR) is 128 cm³/mol. The van der Waals surface area contributed by atoms with E-state index in [1.807, 2.05) is 16.8 Å². The lowest BCUT2D eigenvalue weighted by Gasteiger charge is -2.13. The SMILES string of the molecule is CNC(=O)c1cnc(NC(=O)C2CC2)c2c1C=C(c1cccc(-c3cn4c(n3)COCC4)c1F)C2. The molecule has 0 spiro atoms. The van der Waals surface area contributed by atoms with E-state index in [-0.39, 0.29) is 23.5 Å². The van der Waals surface area contributed by atoms with E-state index in [9.17, 15) is 9.59 Å². The second-order valence-corrected chi connectivity index (χ2v) is 9.06. The van der Waals surface area contributed by atoms with E-state index in [1.165, 1.54) is 6.20 Å². The van der Waals surface area contributed by atoms with Crippen molar-refractivity contribution < 1.29 is 18.7 Å². The number of ether oxygens (including phenoxy) is 1. The number of pyridine rings is 1. The van der Waals surface area contributed by atoms with Crippen molar-refractivity contribution in [2.75, 3.05) is 19.0 Å². The van der Waals surface area contributed by atoms with Gasteiger partial charge < -0.3 is 19.9 Å². The molecule has 1 aliphatic heterocycles. The van der Waals surface area contributed by atoms with Crippen molar-refractivity contribution in [3.63, 3.8) is 0 Å². The lowest BCUT2D eigenvalue weighted by Crippen LogP contribution is -2.21. The third-order valence-electron chi connectivity index (χ3n) is 6.76. The van der Waals surface area contributed by atoms with Gasteiger partial charge in [0, 0.05) is 55.0 Å². The van der Waals surface area contributed by atoms with Gasteiger partial charge in [-0.2, -0.15) is 0 Å². The Morgan fingerprint density at radius 1 is 1.23 bits per heavy atom. The van der Waals surface area contributed by atoms with Crippen LogP contribution in [0.1, 0.15) is 45.7 Å². The minimum atomic E-state index is -0.374. The molecule has 0 unspecified atom stereocenters. The van der Waals surface area contributed by atoms with Gasteiger partial charge >= 0.3 is 0 Å². The molecule has 6 rings (SSSR count). The maximum atomic E-state index is 15.9. The lowest BCUT2D eigenvalue weighted by atomic mass is 9.99. The summed E-state index contributed by atoms with van der Waals surface area (Å²) in [6.07, 6.45) is 7.23. The number of amides is 2. The molecule has 3 aromatic rings.